The summed E-state index contributed by atoms with van der Waals surface area (Å²) in [4.78, 5) is 4.51. The van der Waals surface area contributed by atoms with Gasteiger partial charge in [0.2, 0.25) is 0 Å². The zero-order chi connectivity index (χ0) is 17.6. The summed E-state index contributed by atoms with van der Waals surface area (Å²) in [6.07, 6.45) is 1.80. The van der Waals surface area contributed by atoms with Gasteiger partial charge in [-0.15, -0.1) is 0 Å². The Labute approximate surface area is 146 Å². The Bertz CT molecular complexity index is 1130. The largest absolute Gasteiger partial charge is 0.455 e. The number of nitrogens with zero attached hydrogens (tertiary/aromatic N) is 2. The summed E-state index contributed by atoms with van der Waals surface area (Å²) in [5.41, 5.74) is 6.47. The van der Waals surface area contributed by atoms with Crippen LogP contribution in [0.5, 0.6) is 0 Å². The maximum atomic E-state index is 9.40. The summed E-state index contributed by atoms with van der Waals surface area (Å²) in [5.74, 6) is 0.274. The van der Waals surface area contributed by atoms with Gasteiger partial charge in [0.05, 0.1) is 17.3 Å². The van der Waals surface area contributed by atoms with E-state index < -0.39 is 0 Å². The van der Waals surface area contributed by atoms with Crippen molar-refractivity contribution in [2.75, 3.05) is 0 Å². The lowest BCUT2D eigenvalue weighted by atomic mass is 9.96. The van der Waals surface area contributed by atoms with E-state index in [1.54, 1.807) is 6.20 Å². The lowest BCUT2D eigenvalue weighted by Gasteiger charge is -2.06. The Kier molecular flexibility index (Phi) is 3.54. The van der Waals surface area contributed by atoms with Gasteiger partial charge in [0.1, 0.15) is 11.2 Å². The van der Waals surface area contributed by atoms with E-state index in [9.17, 15) is 5.26 Å². The highest BCUT2D eigenvalue weighted by Crippen LogP contribution is 2.40. The topological polar surface area (TPSA) is 49.8 Å². The summed E-state index contributed by atoms with van der Waals surface area (Å²) >= 11 is 0. The molecule has 0 aliphatic carbocycles. The van der Waals surface area contributed by atoms with Crippen molar-refractivity contribution in [2.24, 2.45) is 0 Å². The van der Waals surface area contributed by atoms with E-state index in [4.69, 9.17) is 4.42 Å². The summed E-state index contributed by atoms with van der Waals surface area (Å²) < 4.78 is 6.36. The van der Waals surface area contributed by atoms with Gasteiger partial charge in [0.25, 0.3) is 0 Å². The van der Waals surface area contributed by atoms with Crippen molar-refractivity contribution in [1.82, 2.24) is 4.98 Å². The third kappa shape index (κ3) is 2.38. The first-order valence-electron chi connectivity index (χ1n) is 8.41. The minimum Gasteiger partial charge on any atom is -0.455 e. The monoisotopic (exact) mass is 326 g/mol. The quantitative estimate of drug-likeness (QED) is 0.457. The summed E-state index contributed by atoms with van der Waals surface area (Å²) in [6.45, 7) is 6.31. The number of benzene rings is 2. The van der Waals surface area contributed by atoms with Crippen LogP contribution in [0.3, 0.4) is 0 Å². The van der Waals surface area contributed by atoms with E-state index in [0.717, 1.165) is 44.3 Å². The van der Waals surface area contributed by atoms with Crippen LogP contribution in [-0.2, 0) is 0 Å². The molecule has 0 spiro atoms. The molecule has 3 heteroatoms. The van der Waals surface area contributed by atoms with Gasteiger partial charge in [-0.05, 0) is 48.2 Å². The molecular formula is C22H18N2O. The second-order valence-electron chi connectivity index (χ2n) is 6.66. The second-order valence-corrected chi connectivity index (χ2v) is 6.66. The summed E-state index contributed by atoms with van der Waals surface area (Å²) in [5, 5.41) is 11.4. The van der Waals surface area contributed by atoms with Crippen LogP contribution in [0.2, 0.25) is 0 Å². The van der Waals surface area contributed by atoms with Crippen molar-refractivity contribution in [2.45, 2.75) is 26.7 Å². The molecule has 4 aromatic rings. The second kappa shape index (κ2) is 5.75. The fraction of sp³-hybridized carbons (Fsp3) is 0.182. The molecule has 0 aliphatic rings. The van der Waals surface area contributed by atoms with E-state index >= 15 is 0 Å². The third-order valence-electron chi connectivity index (χ3n) is 4.65. The van der Waals surface area contributed by atoms with Crippen molar-refractivity contribution < 1.29 is 4.42 Å². The Morgan fingerprint density at radius 2 is 1.88 bits per heavy atom. The summed E-state index contributed by atoms with van der Waals surface area (Å²) in [7, 11) is 0. The van der Waals surface area contributed by atoms with Crippen molar-refractivity contribution in [1.29, 1.82) is 5.26 Å². The van der Waals surface area contributed by atoms with Crippen molar-refractivity contribution in [3.63, 3.8) is 0 Å². The molecule has 2 heterocycles. The van der Waals surface area contributed by atoms with Gasteiger partial charge in [-0.1, -0.05) is 32.0 Å². The van der Waals surface area contributed by atoms with E-state index in [0.29, 0.717) is 5.56 Å². The molecule has 0 aliphatic heterocycles. The fourth-order valence-electron chi connectivity index (χ4n) is 3.39. The number of aryl methyl sites for hydroxylation is 1. The molecule has 0 fully saturated rings. The smallest absolute Gasteiger partial charge is 0.145 e. The number of fused-ring (bicyclic) bond motifs is 3. The highest BCUT2D eigenvalue weighted by molar-refractivity contribution is 6.11. The molecule has 122 valence electrons. The van der Waals surface area contributed by atoms with Gasteiger partial charge >= 0.3 is 0 Å². The van der Waals surface area contributed by atoms with E-state index in [1.165, 1.54) is 0 Å². The molecule has 0 saturated carbocycles. The lowest BCUT2D eigenvalue weighted by Crippen LogP contribution is -1.89. The standard InChI is InChI=1S/C22H18N2O/c1-13(2)17-10-15(12-23)11-18-16-8-7-14(3)20(22(16)25-21(17)18)19-6-4-5-9-24-19/h4-11,13H,1-3H3. The molecule has 0 saturated heterocycles. The van der Waals surface area contributed by atoms with Gasteiger partial charge in [0, 0.05) is 22.5 Å². The van der Waals surface area contributed by atoms with Crippen molar-refractivity contribution in [3.8, 4) is 17.3 Å². The predicted molar refractivity (Wildman–Crippen MR) is 100 cm³/mol. The number of furan rings is 1. The first-order valence-corrected chi connectivity index (χ1v) is 8.41. The first-order chi connectivity index (χ1) is 12.1. The van der Waals surface area contributed by atoms with Gasteiger partial charge in [0.15, 0.2) is 0 Å². The van der Waals surface area contributed by atoms with Crippen LogP contribution in [-0.4, -0.2) is 4.98 Å². The van der Waals surface area contributed by atoms with Crippen molar-refractivity contribution >= 4 is 21.9 Å². The maximum absolute atomic E-state index is 9.40. The predicted octanol–water partition coefficient (Wildman–Crippen LogP) is 5.95. The molecule has 2 aromatic heterocycles. The van der Waals surface area contributed by atoms with Crippen LogP contribution in [0.1, 0.15) is 36.5 Å². The maximum Gasteiger partial charge on any atom is 0.145 e. The van der Waals surface area contributed by atoms with Crippen LogP contribution in [0.25, 0.3) is 33.2 Å². The average molecular weight is 326 g/mol. The van der Waals surface area contributed by atoms with Gasteiger partial charge in [-0.2, -0.15) is 5.26 Å². The van der Waals surface area contributed by atoms with Crippen LogP contribution in [0.4, 0.5) is 0 Å². The van der Waals surface area contributed by atoms with Crippen LogP contribution in [0.15, 0.2) is 53.1 Å². The Morgan fingerprint density at radius 1 is 1.04 bits per heavy atom. The number of hydrogen-bond donors (Lipinski definition) is 0. The average Bonchev–Trinajstić information content (AvgIpc) is 2.99. The first kappa shape index (κ1) is 15.4. The summed E-state index contributed by atoms with van der Waals surface area (Å²) in [6, 6.07) is 16.2. The minimum absolute atomic E-state index is 0.274. The SMILES string of the molecule is Cc1ccc2c(oc3c(C(C)C)cc(C#N)cc32)c1-c1ccccn1. The zero-order valence-corrected chi connectivity index (χ0v) is 14.5. The molecule has 3 nitrogen and oxygen atoms in total. The highest BCUT2D eigenvalue weighted by Gasteiger charge is 2.19. The Balaban J connectivity index is 2.16. The van der Waals surface area contributed by atoms with Crippen molar-refractivity contribution in [3.05, 3.63) is 65.4 Å². The lowest BCUT2D eigenvalue weighted by molar-refractivity contribution is 0.657. The molecule has 0 radical (unpaired) electrons. The molecule has 0 atom stereocenters. The molecule has 2 aromatic carbocycles. The van der Waals surface area contributed by atoms with E-state index in [2.05, 4.69) is 44.0 Å². The van der Waals surface area contributed by atoms with Gasteiger partial charge in [-0.25, -0.2) is 0 Å². The Hall–Kier alpha value is -3.12. The van der Waals surface area contributed by atoms with Gasteiger partial charge < -0.3 is 4.42 Å². The number of hydrogen-bond acceptors (Lipinski definition) is 3. The number of nitriles is 1. The molecule has 0 unspecified atom stereocenters. The molecule has 4 rings (SSSR count). The molecular weight excluding hydrogens is 308 g/mol. The van der Waals surface area contributed by atoms with Crippen LogP contribution >= 0.6 is 0 Å². The molecule has 0 amide bonds. The van der Waals surface area contributed by atoms with E-state index in [1.807, 2.05) is 30.3 Å². The molecule has 25 heavy (non-hydrogen) atoms. The zero-order valence-electron chi connectivity index (χ0n) is 14.5. The number of aromatic nitrogens is 1. The van der Waals surface area contributed by atoms with Crippen LogP contribution < -0.4 is 0 Å². The minimum atomic E-state index is 0.274. The highest BCUT2D eigenvalue weighted by atomic mass is 16.3. The molecule has 0 bridgehead atoms. The Morgan fingerprint density at radius 3 is 2.56 bits per heavy atom. The number of rotatable bonds is 2. The number of pyridine rings is 1. The third-order valence-corrected chi connectivity index (χ3v) is 4.65. The van der Waals surface area contributed by atoms with E-state index in [-0.39, 0.29) is 5.92 Å². The van der Waals surface area contributed by atoms with Crippen LogP contribution in [0, 0.1) is 18.3 Å². The normalized spacial score (nSPS) is 11.3. The molecule has 0 N–H and O–H groups in total. The fourth-order valence-corrected chi connectivity index (χ4v) is 3.39. The van der Waals surface area contributed by atoms with Gasteiger partial charge in [-0.3, -0.25) is 4.98 Å².